The SMILES string of the molecule is FC(F)(F)CSc1nccc(Cl)n1.Nc1ccnc(SCC(F)(F)F)n1. The molecule has 2 aromatic rings. The zero-order chi connectivity index (χ0) is 19.8. The van der Waals surface area contributed by atoms with Gasteiger partial charge in [0.1, 0.15) is 11.0 Å². The first-order valence-corrected chi connectivity index (χ1v) is 8.76. The van der Waals surface area contributed by atoms with Gasteiger partial charge in [0.15, 0.2) is 10.3 Å². The van der Waals surface area contributed by atoms with Crippen LogP contribution in [0.5, 0.6) is 0 Å². The predicted molar refractivity (Wildman–Crippen MR) is 87.0 cm³/mol. The zero-order valence-corrected chi connectivity index (χ0v) is 14.9. The molecule has 0 aromatic carbocycles. The predicted octanol–water partition coefficient (Wildman–Crippen LogP) is 4.50. The van der Waals surface area contributed by atoms with Gasteiger partial charge in [0.2, 0.25) is 0 Å². The van der Waals surface area contributed by atoms with Crippen molar-refractivity contribution in [2.24, 2.45) is 0 Å². The van der Waals surface area contributed by atoms with E-state index in [0.29, 0.717) is 23.5 Å². The Bertz CT molecular complexity index is 641. The number of nitrogen functional groups attached to an aromatic ring is 1. The van der Waals surface area contributed by atoms with Crippen LogP contribution in [0.4, 0.5) is 32.2 Å². The normalized spacial score (nSPS) is 11.7. The fraction of sp³-hybridized carbons (Fsp3) is 0.333. The number of halogens is 7. The summed E-state index contributed by atoms with van der Waals surface area (Å²) in [5.74, 6) is -1.84. The fourth-order valence-corrected chi connectivity index (χ4v) is 2.48. The van der Waals surface area contributed by atoms with Crippen molar-refractivity contribution in [1.82, 2.24) is 19.9 Å². The van der Waals surface area contributed by atoms with Crippen LogP contribution in [0.1, 0.15) is 0 Å². The standard InChI is InChI=1S/C6H4ClF3N2S.C6H6F3N3S/c7-4-1-2-11-5(12-4)13-3-6(8,9)10;7-6(8,9)3-13-5-11-2-1-4(10)12-5/h1-2H,3H2;1-2H,3H2,(H2,10,11,12). The van der Waals surface area contributed by atoms with Crippen LogP contribution in [0.3, 0.4) is 0 Å². The van der Waals surface area contributed by atoms with Crippen LogP contribution in [0, 0.1) is 0 Å². The highest BCUT2D eigenvalue weighted by Crippen LogP contribution is 2.25. The molecule has 0 saturated heterocycles. The van der Waals surface area contributed by atoms with Gasteiger partial charge in [-0.25, -0.2) is 19.9 Å². The average Bonchev–Trinajstić information content (AvgIpc) is 2.51. The zero-order valence-electron chi connectivity index (χ0n) is 12.6. The molecule has 0 atom stereocenters. The molecule has 0 fully saturated rings. The van der Waals surface area contributed by atoms with Gasteiger partial charge in [0, 0.05) is 12.4 Å². The molecule has 14 heteroatoms. The van der Waals surface area contributed by atoms with Crippen LogP contribution in [0.2, 0.25) is 5.15 Å². The molecule has 2 N–H and O–H groups in total. The summed E-state index contributed by atoms with van der Waals surface area (Å²) in [5, 5.41) is 0.210. The number of rotatable bonds is 4. The van der Waals surface area contributed by atoms with E-state index in [1.54, 1.807) is 0 Å². The van der Waals surface area contributed by atoms with Crippen molar-refractivity contribution in [3.8, 4) is 0 Å². The highest BCUT2D eigenvalue weighted by Gasteiger charge is 2.28. The van der Waals surface area contributed by atoms with Gasteiger partial charge in [-0.05, 0) is 12.1 Å². The minimum atomic E-state index is -4.21. The van der Waals surface area contributed by atoms with Gasteiger partial charge in [0.05, 0.1) is 11.5 Å². The fourth-order valence-electron chi connectivity index (χ4n) is 1.11. The van der Waals surface area contributed by atoms with Crippen molar-refractivity contribution >= 4 is 40.9 Å². The van der Waals surface area contributed by atoms with Crippen molar-refractivity contribution in [2.75, 3.05) is 17.2 Å². The van der Waals surface area contributed by atoms with Gasteiger partial charge < -0.3 is 5.73 Å². The molecule has 0 radical (unpaired) electrons. The number of nitrogens with zero attached hydrogens (tertiary/aromatic N) is 4. The summed E-state index contributed by atoms with van der Waals surface area (Å²) in [6.07, 6.45) is -5.79. The minimum absolute atomic E-state index is 0.0322. The van der Waals surface area contributed by atoms with E-state index < -0.39 is 23.9 Å². The highest BCUT2D eigenvalue weighted by molar-refractivity contribution is 7.99. The van der Waals surface area contributed by atoms with Crippen LogP contribution >= 0.6 is 35.1 Å². The van der Waals surface area contributed by atoms with Crippen molar-refractivity contribution in [1.29, 1.82) is 0 Å². The number of alkyl halides is 6. The molecule has 0 unspecified atom stereocenters. The molecule has 26 heavy (non-hydrogen) atoms. The van der Waals surface area contributed by atoms with E-state index in [4.69, 9.17) is 17.3 Å². The number of hydrogen-bond acceptors (Lipinski definition) is 7. The molecule has 0 saturated carbocycles. The van der Waals surface area contributed by atoms with Gasteiger partial charge in [-0.1, -0.05) is 35.1 Å². The molecule has 0 aliphatic carbocycles. The monoisotopic (exact) mass is 437 g/mol. The lowest BCUT2D eigenvalue weighted by molar-refractivity contribution is -0.106. The van der Waals surface area contributed by atoms with Crippen molar-refractivity contribution in [3.05, 3.63) is 29.7 Å². The summed E-state index contributed by atoms with van der Waals surface area (Å²) >= 11 is 6.47. The molecule has 0 aliphatic rings. The lowest BCUT2D eigenvalue weighted by Gasteiger charge is -2.04. The van der Waals surface area contributed by atoms with Crippen LogP contribution in [0.15, 0.2) is 34.8 Å². The first-order valence-electron chi connectivity index (χ1n) is 6.41. The summed E-state index contributed by atoms with van der Waals surface area (Å²) in [5.41, 5.74) is 5.25. The number of aromatic nitrogens is 4. The Balaban J connectivity index is 0.000000260. The van der Waals surface area contributed by atoms with E-state index in [9.17, 15) is 26.3 Å². The molecule has 0 spiro atoms. The summed E-state index contributed by atoms with van der Waals surface area (Å²) in [6, 6.07) is 2.82. The van der Waals surface area contributed by atoms with Gasteiger partial charge >= 0.3 is 12.4 Å². The second kappa shape index (κ2) is 10.0. The van der Waals surface area contributed by atoms with Gasteiger partial charge in [-0.3, -0.25) is 0 Å². The summed E-state index contributed by atoms with van der Waals surface area (Å²) in [7, 11) is 0. The number of anilines is 1. The molecule has 0 bridgehead atoms. The third-order valence-electron chi connectivity index (χ3n) is 1.98. The average molecular weight is 438 g/mol. The number of thioether (sulfide) groups is 2. The third-order valence-corrected chi connectivity index (χ3v) is 4.05. The topological polar surface area (TPSA) is 77.6 Å². The van der Waals surface area contributed by atoms with E-state index in [1.807, 2.05) is 0 Å². The van der Waals surface area contributed by atoms with Crippen molar-refractivity contribution < 1.29 is 26.3 Å². The molecular formula is C12H10ClF6N5S2. The minimum Gasteiger partial charge on any atom is -0.384 e. The Morgan fingerprint density at radius 3 is 1.73 bits per heavy atom. The Hall–Kier alpha value is -1.47. The van der Waals surface area contributed by atoms with E-state index in [1.165, 1.54) is 24.5 Å². The summed E-state index contributed by atoms with van der Waals surface area (Å²) in [4.78, 5) is 14.4. The van der Waals surface area contributed by atoms with Gasteiger partial charge in [0.25, 0.3) is 0 Å². The number of hydrogen-bond donors (Lipinski definition) is 1. The Labute approximate surface area is 157 Å². The Morgan fingerprint density at radius 1 is 0.846 bits per heavy atom. The molecule has 144 valence electrons. The van der Waals surface area contributed by atoms with Crippen LogP contribution in [-0.2, 0) is 0 Å². The first kappa shape index (κ1) is 22.6. The molecule has 2 aromatic heterocycles. The molecule has 0 aliphatic heterocycles. The van der Waals surface area contributed by atoms with Gasteiger partial charge in [-0.15, -0.1) is 0 Å². The van der Waals surface area contributed by atoms with E-state index in [2.05, 4.69) is 19.9 Å². The van der Waals surface area contributed by atoms with Crippen molar-refractivity contribution in [2.45, 2.75) is 22.7 Å². The maximum absolute atomic E-state index is 11.7. The second-order valence-corrected chi connectivity index (χ2v) is 6.51. The molecular weight excluding hydrogens is 428 g/mol. The number of nitrogens with two attached hydrogens (primary N) is 1. The Kier molecular flexibility index (Phi) is 8.70. The molecule has 0 amide bonds. The summed E-state index contributed by atoms with van der Waals surface area (Å²) in [6.45, 7) is 0. The summed E-state index contributed by atoms with van der Waals surface area (Å²) < 4.78 is 70.4. The smallest absolute Gasteiger partial charge is 0.384 e. The molecule has 2 heterocycles. The van der Waals surface area contributed by atoms with E-state index in [0.717, 1.165) is 0 Å². The lowest BCUT2D eigenvalue weighted by Crippen LogP contribution is -2.11. The maximum Gasteiger partial charge on any atom is 0.398 e. The van der Waals surface area contributed by atoms with E-state index in [-0.39, 0.29) is 21.3 Å². The second-order valence-electron chi connectivity index (χ2n) is 4.23. The third kappa shape index (κ3) is 11.2. The van der Waals surface area contributed by atoms with Crippen molar-refractivity contribution in [3.63, 3.8) is 0 Å². The van der Waals surface area contributed by atoms with E-state index >= 15 is 0 Å². The maximum atomic E-state index is 11.7. The van der Waals surface area contributed by atoms with Crippen LogP contribution < -0.4 is 5.73 Å². The van der Waals surface area contributed by atoms with Gasteiger partial charge in [-0.2, -0.15) is 26.3 Å². The van der Waals surface area contributed by atoms with Crippen LogP contribution in [0.25, 0.3) is 0 Å². The largest absolute Gasteiger partial charge is 0.398 e. The first-order chi connectivity index (χ1) is 11.9. The highest BCUT2D eigenvalue weighted by atomic mass is 35.5. The lowest BCUT2D eigenvalue weighted by atomic mass is 10.6. The quantitative estimate of drug-likeness (QED) is 0.326. The Morgan fingerprint density at radius 2 is 1.31 bits per heavy atom. The molecule has 2 rings (SSSR count). The van der Waals surface area contributed by atoms with Crippen LogP contribution in [-0.4, -0.2) is 43.8 Å². The molecule has 5 nitrogen and oxygen atoms in total.